The van der Waals surface area contributed by atoms with Gasteiger partial charge in [0.25, 0.3) is 0 Å². The Kier molecular flexibility index (Phi) is 3.98. The van der Waals surface area contributed by atoms with E-state index in [1.807, 2.05) is 0 Å². The van der Waals surface area contributed by atoms with Crippen molar-refractivity contribution < 1.29 is 4.74 Å². The number of nitrogens with zero attached hydrogens (tertiary/aromatic N) is 1. The molecule has 0 aromatic heterocycles. The fraction of sp³-hybridized carbons (Fsp3) is 1.00. The molecule has 1 heterocycles. The molecule has 12 heavy (non-hydrogen) atoms. The van der Waals surface area contributed by atoms with Gasteiger partial charge in [0.2, 0.25) is 0 Å². The van der Waals surface area contributed by atoms with Crippen LogP contribution in [-0.4, -0.2) is 43.8 Å². The van der Waals surface area contributed by atoms with Gasteiger partial charge in [-0.1, -0.05) is 0 Å². The van der Waals surface area contributed by atoms with Gasteiger partial charge < -0.3 is 15.4 Å². The van der Waals surface area contributed by atoms with E-state index < -0.39 is 0 Å². The summed E-state index contributed by atoms with van der Waals surface area (Å²) in [7, 11) is 2.15. The lowest BCUT2D eigenvalue weighted by atomic mass is 10.1. The molecule has 0 unspecified atom stereocenters. The lowest BCUT2D eigenvalue weighted by Crippen LogP contribution is -2.42. The van der Waals surface area contributed by atoms with Crippen molar-refractivity contribution in [3.63, 3.8) is 0 Å². The van der Waals surface area contributed by atoms with Gasteiger partial charge in [-0.3, -0.25) is 0 Å². The molecule has 0 aliphatic carbocycles. The van der Waals surface area contributed by atoms with Crippen LogP contribution in [0, 0.1) is 0 Å². The summed E-state index contributed by atoms with van der Waals surface area (Å²) in [5, 5.41) is 0. The molecule has 0 bridgehead atoms. The molecule has 2 N–H and O–H groups in total. The van der Waals surface area contributed by atoms with E-state index in [0.29, 0.717) is 6.04 Å². The summed E-state index contributed by atoms with van der Waals surface area (Å²) in [4.78, 5) is 2.35. The summed E-state index contributed by atoms with van der Waals surface area (Å²) in [6.07, 6.45) is 2.31. The van der Waals surface area contributed by atoms with Crippen molar-refractivity contribution in [3.05, 3.63) is 0 Å². The monoisotopic (exact) mass is 172 g/mol. The van der Waals surface area contributed by atoms with E-state index in [0.717, 1.165) is 32.6 Å². The van der Waals surface area contributed by atoms with Gasteiger partial charge in [0.1, 0.15) is 0 Å². The molecule has 1 fully saturated rings. The van der Waals surface area contributed by atoms with Gasteiger partial charge in [-0.15, -0.1) is 0 Å². The molecular weight excluding hydrogens is 152 g/mol. The molecule has 72 valence electrons. The molecule has 0 saturated carbocycles. The molecule has 1 saturated heterocycles. The van der Waals surface area contributed by atoms with Crippen molar-refractivity contribution in [2.45, 2.75) is 31.8 Å². The third kappa shape index (κ3) is 3.09. The number of nitrogens with two attached hydrogens (primary N) is 1. The zero-order valence-electron chi connectivity index (χ0n) is 8.12. The topological polar surface area (TPSA) is 38.5 Å². The molecule has 1 rings (SSSR count). The quantitative estimate of drug-likeness (QED) is 0.671. The molecule has 0 radical (unpaired) electrons. The van der Waals surface area contributed by atoms with Gasteiger partial charge in [-0.25, -0.2) is 0 Å². The predicted molar refractivity (Wildman–Crippen MR) is 50.1 cm³/mol. The Labute approximate surface area is 74.9 Å². The predicted octanol–water partition coefficient (Wildman–Crippen LogP) is 0.444. The summed E-state index contributed by atoms with van der Waals surface area (Å²) in [5.41, 5.74) is 5.73. The van der Waals surface area contributed by atoms with Crippen molar-refractivity contribution in [3.8, 4) is 0 Å². The Morgan fingerprint density at radius 1 is 1.50 bits per heavy atom. The lowest BCUT2D eigenvalue weighted by Gasteiger charge is -2.32. The maximum atomic E-state index is 5.73. The van der Waals surface area contributed by atoms with E-state index in [1.165, 1.54) is 0 Å². The molecule has 1 aliphatic heterocycles. The van der Waals surface area contributed by atoms with E-state index in [9.17, 15) is 0 Å². The molecule has 0 spiro atoms. The van der Waals surface area contributed by atoms with Crippen LogP contribution in [0.3, 0.4) is 0 Å². The summed E-state index contributed by atoms with van der Waals surface area (Å²) in [6, 6.07) is 0.961. The van der Waals surface area contributed by atoms with Gasteiger partial charge in [0.15, 0.2) is 0 Å². The Balaban J connectivity index is 2.24. The zero-order chi connectivity index (χ0) is 8.97. The summed E-state index contributed by atoms with van der Waals surface area (Å²) >= 11 is 0. The minimum atomic E-state index is 0.276. The average Bonchev–Trinajstić information content (AvgIpc) is 2.05. The Bertz CT molecular complexity index is 122. The van der Waals surface area contributed by atoms with Gasteiger partial charge >= 0.3 is 0 Å². The third-order valence-corrected chi connectivity index (χ3v) is 2.39. The normalized spacial score (nSPS) is 23.0. The lowest BCUT2D eigenvalue weighted by molar-refractivity contribution is 0.0418. The largest absolute Gasteiger partial charge is 0.381 e. The summed E-state index contributed by atoms with van der Waals surface area (Å²) in [6.45, 7) is 4.86. The molecule has 0 aromatic carbocycles. The fourth-order valence-electron chi connectivity index (χ4n) is 1.73. The maximum Gasteiger partial charge on any atom is 0.0480 e. The van der Waals surface area contributed by atoms with Crippen LogP contribution in [0.5, 0.6) is 0 Å². The minimum Gasteiger partial charge on any atom is -0.381 e. The highest BCUT2D eigenvalue weighted by molar-refractivity contribution is 4.73. The fourth-order valence-corrected chi connectivity index (χ4v) is 1.73. The molecule has 3 heteroatoms. The molecule has 0 aromatic rings. The first-order valence-electron chi connectivity index (χ1n) is 4.73. The van der Waals surface area contributed by atoms with E-state index in [4.69, 9.17) is 10.5 Å². The van der Waals surface area contributed by atoms with E-state index in [2.05, 4.69) is 18.9 Å². The highest BCUT2D eigenvalue weighted by atomic mass is 16.5. The second-order valence-electron chi connectivity index (χ2n) is 3.76. The number of hydrogen-bond donors (Lipinski definition) is 1. The number of rotatable bonds is 3. The Morgan fingerprint density at radius 3 is 2.58 bits per heavy atom. The first-order chi connectivity index (χ1) is 5.70. The molecular formula is C9H20N2O. The van der Waals surface area contributed by atoms with E-state index in [-0.39, 0.29) is 6.04 Å². The second-order valence-corrected chi connectivity index (χ2v) is 3.76. The number of hydrogen-bond acceptors (Lipinski definition) is 3. The van der Waals surface area contributed by atoms with Crippen molar-refractivity contribution >= 4 is 0 Å². The van der Waals surface area contributed by atoms with Crippen LogP contribution in [0.1, 0.15) is 19.8 Å². The average molecular weight is 172 g/mol. The van der Waals surface area contributed by atoms with E-state index in [1.54, 1.807) is 0 Å². The maximum absolute atomic E-state index is 5.73. The second kappa shape index (κ2) is 4.80. The SMILES string of the molecule is C[C@H](N)CN(C)C1CCOCC1. The van der Waals surface area contributed by atoms with Gasteiger partial charge in [-0.05, 0) is 26.8 Å². The van der Waals surface area contributed by atoms with Crippen LogP contribution in [0.2, 0.25) is 0 Å². The smallest absolute Gasteiger partial charge is 0.0480 e. The van der Waals surface area contributed by atoms with E-state index >= 15 is 0 Å². The van der Waals surface area contributed by atoms with Crippen molar-refractivity contribution in [2.75, 3.05) is 26.8 Å². The third-order valence-electron chi connectivity index (χ3n) is 2.39. The highest BCUT2D eigenvalue weighted by Crippen LogP contribution is 2.12. The molecule has 3 nitrogen and oxygen atoms in total. The standard InChI is InChI=1S/C9H20N2O/c1-8(10)7-11(2)9-3-5-12-6-4-9/h8-9H,3-7,10H2,1-2H3/t8-/m0/s1. The highest BCUT2D eigenvalue weighted by Gasteiger charge is 2.18. The minimum absolute atomic E-state index is 0.276. The van der Waals surface area contributed by atoms with Crippen LogP contribution in [0.15, 0.2) is 0 Å². The van der Waals surface area contributed by atoms with Crippen molar-refractivity contribution in [1.82, 2.24) is 4.90 Å². The van der Waals surface area contributed by atoms with Crippen molar-refractivity contribution in [1.29, 1.82) is 0 Å². The van der Waals surface area contributed by atoms with Crippen molar-refractivity contribution in [2.24, 2.45) is 5.73 Å². The molecule has 1 atom stereocenters. The first-order valence-corrected chi connectivity index (χ1v) is 4.73. The van der Waals surface area contributed by atoms with Crippen LogP contribution in [0.25, 0.3) is 0 Å². The van der Waals surface area contributed by atoms with Crippen LogP contribution in [-0.2, 0) is 4.74 Å². The summed E-state index contributed by atoms with van der Waals surface area (Å²) < 4.78 is 5.30. The van der Waals surface area contributed by atoms with Crippen LogP contribution < -0.4 is 5.73 Å². The zero-order valence-corrected chi connectivity index (χ0v) is 8.12. The first kappa shape index (κ1) is 9.96. The summed E-state index contributed by atoms with van der Waals surface area (Å²) in [5.74, 6) is 0. The number of ether oxygens (including phenoxy) is 1. The van der Waals surface area contributed by atoms with Crippen LogP contribution >= 0.6 is 0 Å². The van der Waals surface area contributed by atoms with Gasteiger partial charge in [-0.2, -0.15) is 0 Å². The Morgan fingerprint density at radius 2 is 2.08 bits per heavy atom. The molecule has 0 amide bonds. The number of likely N-dealkylation sites (N-methyl/N-ethyl adjacent to an activating group) is 1. The Hall–Kier alpha value is -0.120. The van der Waals surface area contributed by atoms with Gasteiger partial charge in [0, 0.05) is 31.8 Å². The molecule has 1 aliphatic rings. The van der Waals surface area contributed by atoms with Gasteiger partial charge in [0.05, 0.1) is 0 Å². The van der Waals surface area contributed by atoms with Crippen LogP contribution in [0.4, 0.5) is 0 Å².